The van der Waals surface area contributed by atoms with E-state index in [1.807, 2.05) is 47.2 Å². The average Bonchev–Trinajstić information content (AvgIpc) is 2.83. The van der Waals surface area contributed by atoms with E-state index in [9.17, 15) is 4.79 Å². The molecule has 4 nitrogen and oxygen atoms in total. The molecule has 3 N–H and O–H groups in total. The normalized spacial score (nSPS) is 10.7. The Kier molecular flexibility index (Phi) is 3.54. The zero-order valence-electron chi connectivity index (χ0n) is 11.2. The van der Waals surface area contributed by atoms with Crippen molar-refractivity contribution < 1.29 is 4.79 Å². The molecule has 0 radical (unpaired) electrons. The second-order valence-electron chi connectivity index (χ2n) is 4.79. The SMILES string of the molecule is Nc1ccc2c(ccn2CC(=O)Nc2ccccc2Cl)c1. The van der Waals surface area contributed by atoms with Gasteiger partial charge in [-0.15, -0.1) is 0 Å². The topological polar surface area (TPSA) is 60.0 Å². The van der Waals surface area contributed by atoms with Gasteiger partial charge in [0.15, 0.2) is 0 Å². The first-order valence-corrected chi connectivity index (χ1v) is 6.90. The van der Waals surface area contributed by atoms with Crippen LogP contribution in [0.3, 0.4) is 0 Å². The third-order valence-corrected chi connectivity index (χ3v) is 3.59. The fraction of sp³-hybridized carbons (Fsp3) is 0.0625. The van der Waals surface area contributed by atoms with Gasteiger partial charge in [0.25, 0.3) is 0 Å². The van der Waals surface area contributed by atoms with Gasteiger partial charge in [0.1, 0.15) is 6.54 Å². The highest BCUT2D eigenvalue weighted by Gasteiger charge is 2.08. The van der Waals surface area contributed by atoms with E-state index in [-0.39, 0.29) is 12.5 Å². The van der Waals surface area contributed by atoms with E-state index in [1.54, 1.807) is 12.1 Å². The number of para-hydroxylation sites is 1. The van der Waals surface area contributed by atoms with Crippen molar-refractivity contribution in [2.24, 2.45) is 0 Å². The molecule has 0 fully saturated rings. The lowest BCUT2D eigenvalue weighted by Crippen LogP contribution is -2.18. The van der Waals surface area contributed by atoms with Gasteiger partial charge in [-0.1, -0.05) is 23.7 Å². The number of rotatable bonds is 3. The summed E-state index contributed by atoms with van der Waals surface area (Å²) in [5.74, 6) is -0.127. The monoisotopic (exact) mass is 299 g/mol. The summed E-state index contributed by atoms with van der Waals surface area (Å²) in [6, 6.07) is 14.7. The number of nitrogens with two attached hydrogens (primary N) is 1. The number of fused-ring (bicyclic) bond motifs is 1. The Balaban J connectivity index is 1.79. The number of carbonyl (C=O) groups excluding carboxylic acids is 1. The summed E-state index contributed by atoms with van der Waals surface area (Å²) < 4.78 is 1.88. The highest BCUT2D eigenvalue weighted by molar-refractivity contribution is 6.33. The summed E-state index contributed by atoms with van der Waals surface area (Å²) in [6.45, 7) is 0.221. The fourth-order valence-corrected chi connectivity index (χ4v) is 2.45. The van der Waals surface area contributed by atoms with Crippen LogP contribution >= 0.6 is 11.6 Å². The van der Waals surface area contributed by atoms with Crippen LogP contribution in [0.4, 0.5) is 11.4 Å². The van der Waals surface area contributed by atoms with Crippen molar-refractivity contribution in [1.29, 1.82) is 0 Å². The molecule has 0 saturated heterocycles. The Hall–Kier alpha value is -2.46. The number of nitrogens with zero attached hydrogens (tertiary/aromatic N) is 1. The number of nitrogens with one attached hydrogen (secondary N) is 1. The van der Waals surface area contributed by atoms with E-state index < -0.39 is 0 Å². The van der Waals surface area contributed by atoms with Gasteiger partial charge in [0.2, 0.25) is 5.91 Å². The predicted molar refractivity (Wildman–Crippen MR) is 86.4 cm³/mol. The number of nitrogen functional groups attached to an aromatic ring is 1. The number of amides is 1. The summed E-state index contributed by atoms with van der Waals surface area (Å²) in [5.41, 5.74) is 8.05. The fourth-order valence-electron chi connectivity index (χ4n) is 2.26. The molecule has 1 heterocycles. The van der Waals surface area contributed by atoms with Gasteiger partial charge in [-0.25, -0.2) is 0 Å². The Labute approximate surface area is 127 Å². The molecule has 3 rings (SSSR count). The number of halogens is 1. The van der Waals surface area contributed by atoms with Gasteiger partial charge in [-0.2, -0.15) is 0 Å². The van der Waals surface area contributed by atoms with Crippen molar-refractivity contribution in [3.63, 3.8) is 0 Å². The molecule has 21 heavy (non-hydrogen) atoms. The molecule has 1 aromatic heterocycles. The van der Waals surface area contributed by atoms with Crippen molar-refractivity contribution in [1.82, 2.24) is 4.57 Å². The first-order valence-electron chi connectivity index (χ1n) is 6.52. The van der Waals surface area contributed by atoms with Crippen LogP contribution in [0.1, 0.15) is 0 Å². The molecule has 1 amide bonds. The zero-order valence-corrected chi connectivity index (χ0v) is 12.0. The van der Waals surface area contributed by atoms with Crippen molar-refractivity contribution in [3.8, 4) is 0 Å². The maximum absolute atomic E-state index is 12.1. The first kappa shape index (κ1) is 13.5. The van der Waals surface area contributed by atoms with Gasteiger partial charge in [0, 0.05) is 22.8 Å². The lowest BCUT2D eigenvalue weighted by atomic mass is 10.2. The number of anilines is 2. The lowest BCUT2D eigenvalue weighted by molar-refractivity contribution is -0.116. The summed E-state index contributed by atoms with van der Waals surface area (Å²) in [7, 11) is 0. The van der Waals surface area contributed by atoms with E-state index in [4.69, 9.17) is 17.3 Å². The second kappa shape index (κ2) is 5.50. The number of aromatic nitrogens is 1. The standard InChI is InChI=1S/C16H14ClN3O/c17-13-3-1-2-4-14(13)19-16(21)10-20-8-7-11-9-12(18)5-6-15(11)20/h1-9H,10,18H2,(H,19,21). The smallest absolute Gasteiger partial charge is 0.244 e. The van der Waals surface area contributed by atoms with Gasteiger partial charge in [0.05, 0.1) is 10.7 Å². The van der Waals surface area contributed by atoms with Gasteiger partial charge >= 0.3 is 0 Å². The van der Waals surface area contributed by atoms with Crippen LogP contribution in [0.25, 0.3) is 10.9 Å². The number of hydrogen-bond acceptors (Lipinski definition) is 2. The van der Waals surface area contributed by atoms with Crippen molar-refractivity contribution in [3.05, 3.63) is 59.8 Å². The van der Waals surface area contributed by atoms with E-state index in [0.717, 1.165) is 10.9 Å². The average molecular weight is 300 g/mol. The van der Waals surface area contributed by atoms with Gasteiger partial charge < -0.3 is 15.6 Å². The van der Waals surface area contributed by atoms with Gasteiger partial charge in [-0.05, 0) is 36.4 Å². The number of carbonyl (C=O) groups is 1. The molecule has 5 heteroatoms. The molecule has 0 bridgehead atoms. The Morgan fingerprint density at radius 2 is 2.00 bits per heavy atom. The molecule has 0 saturated carbocycles. The summed E-state index contributed by atoms with van der Waals surface area (Å²) in [6.07, 6.45) is 1.87. The van der Waals surface area contributed by atoms with Crippen molar-refractivity contribution >= 4 is 39.8 Å². The quantitative estimate of drug-likeness (QED) is 0.727. The third-order valence-electron chi connectivity index (χ3n) is 3.26. The van der Waals surface area contributed by atoms with Crippen LogP contribution in [-0.4, -0.2) is 10.5 Å². The van der Waals surface area contributed by atoms with Gasteiger partial charge in [-0.3, -0.25) is 4.79 Å². The molecular weight excluding hydrogens is 286 g/mol. The minimum absolute atomic E-state index is 0.127. The zero-order chi connectivity index (χ0) is 14.8. The van der Waals surface area contributed by atoms with E-state index in [2.05, 4.69) is 5.32 Å². The van der Waals surface area contributed by atoms with Crippen molar-refractivity contribution in [2.45, 2.75) is 6.54 Å². The first-order chi connectivity index (χ1) is 10.1. The Morgan fingerprint density at radius 3 is 2.81 bits per heavy atom. The highest BCUT2D eigenvalue weighted by atomic mass is 35.5. The molecule has 0 aliphatic rings. The molecular formula is C16H14ClN3O. The molecule has 0 aliphatic heterocycles. The second-order valence-corrected chi connectivity index (χ2v) is 5.20. The summed E-state index contributed by atoms with van der Waals surface area (Å²) >= 11 is 6.03. The van der Waals surface area contributed by atoms with Crippen LogP contribution in [0.2, 0.25) is 5.02 Å². The molecule has 2 aromatic carbocycles. The molecule has 0 spiro atoms. The van der Waals surface area contributed by atoms with Crippen LogP contribution in [0.5, 0.6) is 0 Å². The van der Waals surface area contributed by atoms with E-state index in [1.165, 1.54) is 0 Å². The maximum atomic E-state index is 12.1. The predicted octanol–water partition coefficient (Wildman–Crippen LogP) is 3.52. The van der Waals surface area contributed by atoms with Crippen LogP contribution in [-0.2, 0) is 11.3 Å². The largest absolute Gasteiger partial charge is 0.399 e. The third kappa shape index (κ3) is 2.85. The summed E-state index contributed by atoms with van der Waals surface area (Å²) in [5, 5.41) is 4.35. The van der Waals surface area contributed by atoms with Crippen LogP contribution in [0.15, 0.2) is 54.7 Å². The molecule has 106 valence electrons. The minimum atomic E-state index is -0.127. The Bertz CT molecular complexity index is 810. The highest BCUT2D eigenvalue weighted by Crippen LogP contribution is 2.21. The molecule has 3 aromatic rings. The summed E-state index contributed by atoms with van der Waals surface area (Å²) in [4.78, 5) is 12.1. The molecule has 0 unspecified atom stereocenters. The van der Waals surface area contributed by atoms with Crippen molar-refractivity contribution in [2.75, 3.05) is 11.1 Å². The Morgan fingerprint density at radius 1 is 1.19 bits per heavy atom. The van der Waals surface area contributed by atoms with E-state index in [0.29, 0.717) is 16.4 Å². The molecule has 0 aliphatic carbocycles. The van der Waals surface area contributed by atoms with Crippen LogP contribution < -0.4 is 11.1 Å². The maximum Gasteiger partial charge on any atom is 0.244 e. The lowest BCUT2D eigenvalue weighted by Gasteiger charge is -2.08. The van der Waals surface area contributed by atoms with E-state index >= 15 is 0 Å². The van der Waals surface area contributed by atoms with Crippen LogP contribution in [0, 0.1) is 0 Å². The minimum Gasteiger partial charge on any atom is -0.399 e. The number of benzene rings is 2. The number of hydrogen-bond donors (Lipinski definition) is 2. The molecule has 0 atom stereocenters.